The van der Waals surface area contributed by atoms with E-state index in [2.05, 4.69) is 5.32 Å². The number of amides is 3. The fraction of sp³-hybridized carbons (Fsp3) is 0.250. The number of aryl methyl sites for hydroxylation is 1. The first-order valence-electron chi connectivity index (χ1n) is 8.75. The molecule has 28 heavy (non-hydrogen) atoms. The van der Waals surface area contributed by atoms with Gasteiger partial charge in [-0.1, -0.05) is 23.8 Å². The molecule has 1 N–H and O–H groups in total. The molecule has 2 aromatic carbocycles. The number of nitrogens with one attached hydrogen (secondary N) is 1. The van der Waals surface area contributed by atoms with Gasteiger partial charge in [-0.05, 0) is 37.6 Å². The summed E-state index contributed by atoms with van der Waals surface area (Å²) in [6.45, 7) is 1.87. The Balaban J connectivity index is 1.63. The minimum Gasteiger partial charge on any atom is -0.325 e. The quantitative estimate of drug-likeness (QED) is 0.751. The van der Waals surface area contributed by atoms with Gasteiger partial charge in [-0.2, -0.15) is 0 Å². The Bertz CT molecular complexity index is 1060. The molecule has 3 amide bonds. The average molecular weight is 400 g/mol. The van der Waals surface area contributed by atoms with E-state index in [1.165, 1.54) is 13.1 Å². The van der Waals surface area contributed by atoms with Gasteiger partial charge >= 0.3 is 0 Å². The number of fused-ring (bicyclic) bond motifs is 1. The molecule has 3 rings (SSSR count). The van der Waals surface area contributed by atoms with E-state index in [4.69, 9.17) is 0 Å². The first-order chi connectivity index (χ1) is 13.2. The molecule has 8 heteroatoms. The molecule has 2 aromatic rings. The number of carbonyl (C=O) groups is 3. The number of benzene rings is 2. The van der Waals surface area contributed by atoms with Crippen molar-refractivity contribution in [2.45, 2.75) is 24.7 Å². The summed E-state index contributed by atoms with van der Waals surface area (Å²) < 4.78 is 24.7. The summed E-state index contributed by atoms with van der Waals surface area (Å²) in [5, 5.41) is 2.61. The summed E-state index contributed by atoms with van der Waals surface area (Å²) >= 11 is 0. The Morgan fingerprint density at radius 3 is 2.39 bits per heavy atom. The van der Waals surface area contributed by atoms with Crippen LogP contribution in [0.2, 0.25) is 0 Å². The van der Waals surface area contributed by atoms with E-state index in [-0.39, 0.29) is 40.3 Å². The second-order valence-corrected chi connectivity index (χ2v) is 8.79. The van der Waals surface area contributed by atoms with Crippen LogP contribution in [0.5, 0.6) is 0 Å². The van der Waals surface area contributed by atoms with Crippen LogP contribution in [0, 0.1) is 6.92 Å². The number of rotatable bonds is 6. The molecule has 0 aliphatic carbocycles. The van der Waals surface area contributed by atoms with Gasteiger partial charge in [-0.25, -0.2) is 8.42 Å². The number of imide groups is 1. The van der Waals surface area contributed by atoms with Gasteiger partial charge < -0.3 is 5.32 Å². The molecular formula is C20H20N2O5S. The molecule has 0 saturated heterocycles. The molecule has 1 heterocycles. The van der Waals surface area contributed by atoms with Crippen LogP contribution in [0.25, 0.3) is 0 Å². The highest BCUT2D eigenvalue weighted by atomic mass is 32.2. The molecule has 0 fully saturated rings. The normalized spacial score (nSPS) is 13.6. The molecule has 146 valence electrons. The lowest BCUT2D eigenvalue weighted by Gasteiger charge is -2.09. The van der Waals surface area contributed by atoms with Crippen LogP contribution < -0.4 is 5.32 Å². The summed E-state index contributed by atoms with van der Waals surface area (Å²) in [6, 6.07) is 11.2. The fourth-order valence-electron chi connectivity index (χ4n) is 3.00. The van der Waals surface area contributed by atoms with E-state index >= 15 is 0 Å². The molecule has 0 aromatic heterocycles. The molecule has 7 nitrogen and oxygen atoms in total. The van der Waals surface area contributed by atoms with Gasteiger partial charge in [-0.15, -0.1) is 0 Å². The van der Waals surface area contributed by atoms with Crippen molar-refractivity contribution in [3.05, 3.63) is 59.2 Å². The topological polar surface area (TPSA) is 101 Å². The number of hydrogen-bond donors (Lipinski definition) is 1. The van der Waals surface area contributed by atoms with Gasteiger partial charge in [0.2, 0.25) is 5.91 Å². The lowest BCUT2D eigenvalue weighted by atomic mass is 10.1. The third kappa shape index (κ3) is 3.82. The number of sulfone groups is 1. The first-order valence-corrected chi connectivity index (χ1v) is 10.4. The molecule has 1 aliphatic rings. The number of hydrogen-bond acceptors (Lipinski definition) is 5. The minimum absolute atomic E-state index is 0.0211. The zero-order valence-electron chi connectivity index (χ0n) is 15.6. The Morgan fingerprint density at radius 2 is 1.71 bits per heavy atom. The summed E-state index contributed by atoms with van der Waals surface area (Å²) in [6.07, 6.45) is 0.122. The van der Waals surface area contributed by atoms with E-state index in [9.17, 15) is 22.8 Å². The number of nitrogens with zero attached hydrogens (tertiary/aromatic N) is 1. The van der Waals surface area contributed by atoms with Gasteiger partial charge in [0.25, 0.3) is 11.8 Å². The first kappa shape index (κ1) is 19.8. The molecule has 0 atom stereocenters. The van der Waals surface area contributed by atoms with E-state index in [0.29, 0.717) is 0 Å². The lowest BCUT2D eigenvalue weighted by Crippen LogP contribution is -2.24. The van der Waals surface area contributed by atoms with Crippen molar-refractivity contribution < 1.29 is 22.8 Å². The standard InChI is InChI=1S/C20H20N2O5S/c1-13-8-10-14(11-9-13)28(26,27)12-4-7-17(23)21-16-6-3-5-15-18(16)20(25)22(2)19(15)24/h3,5-6,8-11H,4,7,12H2,1-2H3,(H,21,23). The SMILES string of the molecule is Cc1ccc(S(=O)(=O)CCCC(=O)Nc2cccc3c2C(=O)N(C)C3=O)cc1. The Hall–Kier alpha value is -3.00. The Morgan fingerprint density at radius 1 is 1.04 bits per heavy atom. The predicted octanol–water partition coefficient (Wildman–Crippen LogP) is 2.41. The third-order valence-electron chi connectivity index (χ3n) is 4.59. The Kier molecular flexibility index (Phi) is 5.33. The van der Waals surface area contributed by atoms with Gasteiger partial charge in [0.15, 0.2) is 9.84 Å². The van der Waals surface area contributed by atoms with Crippen molar-refractivity contribution in [3.63, 3.8) is 0 Å². The molecule has 0 radical (unpaired) electrons. The van der Waals surface area contributed by atoms with Crippen LogP contribution in [-0.2, 0) is 14.6 Å². The summed E-state index contributed by atoms with van der Waals surface area (Å²) in [4.78, 5) is 37.7. The molecule has 0 saturated carbocycles. The predicted molar refractivity (Wildman–Crippen MR) is 104 cm³/mol. The van der Waals surface area contributed by atoms with Crippen molar-refractivity contribution in [2.24, 2.45) is 0 Å². The highest BCUT2D eigenvalue weighted by Gasteiger charge is 2.35. The summed E-state index contributed by atoms with van der Waals surface area (Å²) in [7, 11) is -2.08. The van der Waals surface area contributed by atoms with Crippen molar-refractivity contribution in [1.29, 1.82) is 0 Å². The maximum absolute atomic E-state index is 12.3. The fourth-order valence-corrected chi connectivity index (χ4v) is 4.32. The van der Waals surface area contributed by atoms with E-state index < -0.39 is 27.6 Å². The van der Waals surface area contributed by atoms with Crippen molar-refractivity contribution in [1.82, 2.24) is 4.90 Å². The van der Waals surface area contributed by atoms with Gasteiger partial charge in [0.1, 0.15) is 0 Å². The second-order valence-electron chi connectivity index (χ2n) is 6.68. The van der Waals surface area contributed by atoms with Gasteiger partial charge in [0, 0.05) is 13.5 Å². The van der Waals surface area contributed by atoms with E-state index in [0.717, 1.165) is 10.5 Å². The van der Waals surface area contributed by atoms with E-state index in [1.54, 1.807) is 36.4 Å². The molecule has 0 bridgehead atoms. The van der Waals surface area contributed by atoms with E-state index in [1.807, 2.05) is 6.92 Å². The van der Waals surface area contributed by atoms with Crippen LogP contribution in [0.4, 0.5) is 5.69 Å². The van der Waals surface area contributed by atoms with Crippen LogP contribution >= 0.6 is 0 Å². The highest BCUT2D eigenvalue weighted by Crippen LogP contribution is 2.28. The summed E-state index contributed by atoms with van der Waals surface area (Å²) in [5.74, 6) is -1.46. The van der Waals surface area contributed by atoms with Gasteiger partial charge in [0.05, 0.1) is 27.5 Å². The van der Waals surface area contributed by atoms with Crippen LogP contribution in [0.15, 0.2) is 47.4 Å². The minimum atomic E-state index is -3.46. The Labute approximate surface area is 163 Å². The third-order valence-corrected chi connectivity index (χ3v) is 6.41. The van der Waals surface area contributed by atoms with Crippen LogP contribution in [-0.4, -0.2) is 43.8 Å². The molecule has 0 spiro atoms. The van der Waals surface area contributed by atoms with Crippen molar-refractivity contribution in [2.75, 3.05) is 18.1 Å². The number of carbonyl (C=O) groups excluding carboxylic acids is 3. The van der Waals surface area contributed by atoms with Crippen molar-refractivity contribution in [3.8, 4) is 0 Å². The smallest absolute Gasteiger partial charge is 0.263 e. The maximum atomic E-state index is 12.3. The average Bonchev–Trinajstić information content (AvgIpc) is 2.87. The zero-order chi connectivity index (χ0) is 20.5. The maximum Gasteiger partial charge on any atom is 0.263 e. The molecular weight excluding hydrogens is 380 g/mol. The monoisotopic (exact) mass is 400 g/mol. The van der Waals surface area contributed by atoms with Crippen LogP contribution in [0.3, 0.4) is 0 Å². The molecule has 1 aliphatic heterocycles. The van der Waals surface area contributed by atoms with Crippen molar-refractivity contribution >= 4 is 33.2 Å². The summed E-state index contributed by atoms with van der Waals surface area (Å²) in [5.41, 5.74) is 1.63. The highest BCUT2D eigenvalue weighted by molar-refractivity contribution is 7.91. The number of anilines is 1. The van der Waals surface area contributed by atoms with Gasteiger partial charge in [-0.3, -0.25) is 19.3 Å². The largest absolute Gasteiger partial charge is 0.325 e. The zero-order valence-corrected chi connectivity index (χ0v) is 16.4. The lowest BCUT2D eigenvalue weighted by molar-refractivity contribution is -0.116. The van der Waals surface area contributed by atoms with Crippen LogP contribution in [0.1, 0.15) is 39.1 Å². The molecule has 0 unspecified atom stereocenters. The second kappa shape index (κ2) is 7.55.